The van der Waals surface area contributed by atoms with Gasteiger partial charge in [-0.3, -0.25) is 9.59 Å². The van der Waals surface area contributed by atoms with Gasteiger partial charge in [0.15, 0.2) is 0 Å². The Kier molecular flexibility index (Phi) is 6.49. The van der Waals surface area contributed by atoms with Gasteiger partial charge in [0, 0.05) is 38.3 Å². The number of nitrogens with zero attached hydrogens (tertiary/aromatic N) is 2. The summed E-state index contributed by atoms with van der Waals surface area (Å²) in [5.41, 5.74) is 0.626. The maximum absolute atomic E-state index is 12.7. The van der Waals surface area contributed by atoms with E-state index < -0.39 is 24.0 Å². The minimum absolute atomic E-state index is 0.0544. The van der Waals surface area contributed by atoms with Crippen LogP contribution in [0.3, 0.4) is 0 Å². The molecule has 1 aromatic carbocycles. The molecule has 0 aliphatic carbocycles. The molecule has 1 saturated heterocycles. The summed E-state index contributed by atoms with van der Waals surface area (Å²) in [7, 11) is 4.56. The molecule has 0 bridgehead atoms. The zero-order valence-corrected chi connectivity index (χ0v) is 15.9. The number of carboxylic acid groups (broad SMARTS) is 1. The molecular formula is C18H25N3O6. The third kappa shape index (κ3) is 4.81. The predicted octanol–water partition coefficient (Wildman–Crippen LogP) is 1.17. The van der Waals surface area contributed by atoms with Crippen molar-refractivity contribution in [3.63, 3.8) is 0 Å². The first kappa shape index (κ1) is 20.3. The Morgan fingerprint density at radius 3 is 2.41 bits per heavy atom. The number of aliphatic carboxylic acids is 1. The Morgan fingerprint density at radius 2 is 1.89 bits per heavy atom. The van der Waals surface area contributed by atoms with Gasteiger partial charge in [0.1, 0.15) is 17.5 Å². The number of nitrogens with one attached hydrogen (secondary N) is 1. The average Bonchev–Trinajstić information content (AvgIpc) is 3.01. The number of hydrogen-bond acceptors (Lipinski definition) is 5. The van der Waals surface area contributed by atoms with E-state index in [0.717, 1.165) is 0 Å². The van der Waals surface area contributed by atoms with Crippen LogP contribution in [0.5, 0.6) is 11.5 Å². The van der Waals surface area contributed by atoms with Crippen LogP contribution in [-0.2, 0) is 9.59 Å². The molecular weight excluding hydrogens is 354 g/mol. The van der Waals surface area contributed by atoms with Crippen LogP contribution >= 0.6 is 0 Å². The van der Waals surface area contributed by atoms with Gasteiger partial charge >= 0.3 is 12.0 Å². The van der Waals surface area contributed by atoms with Crippen LogP contribution < -0.4 is 19.7 Å². The summed E-state index contributed by atoms with van der Waals surface area (Å²) in [6, 6.07) is 4.02. The maximum atomic E-state index is 12.7. The minimum atomic E-state index is -0.982. The van der Waals surface area contributed by atoms with E-state index in [9.17, 15) is 14.4 Å². The van der Waals surface area contributed by atoms with Gasteiger partial charge in [-0.1, -0.05) is 6.92 Å². The zero-order chi connectivity index (χ0) is 20.1. The van der Waals surface area contributed by atoms with E-state index in [4.69, 9.17) is 14.6 Å². The van der Waals surface area contributed by atoms with Crippen LogP contribution in [0.25, 0.3) is 0 Å². The van der Waals surface area contributed by atoms with Crippen molar-refractivity contribution in [3.8, 4) is 11.5 Å². The molecule has 1 fully saturated rings. The van der Waals surface area contributed by atoms with Gasteiger partial charge in [-0.25, -0.2) is 4.79 Å². The number of carbonyl (C=O) groups is 3. The number of amides is 3. The summed E-state index contributed by atoms with van der Waals surface area (Å²) in [6.45, 7) is 2.01. The van der Waals surface area contributed by atoms with Gasteiger partial charge in [-0.05, 0) is 6.42 Å². The summed E-state index contributed by atoms with van der Waals surface area (Å²) in [5, 5.41) is 11.6. The molecule has 148 valence electrons. The lowest BCUT2D eigenvalue weighted by molar-refractivity contribution is -0.141. The van der Waals surface area contributed by atoms with Gasteiger partial charge in [-0.15, -0.1) is 0 Å². The Hall–Kier alpha value is -2.97. The van der Waals surface area contributed by atoms with Gasteiger partial charge in [0.25, 0.3) is 0 Å². The first-order valence-corrected chi connectivity index (χ1v) is 8.55. The van der Waals surface area contributed by atoms with E-state index >= 15 is 0 Å². The van der Waals surface area contributed by atoms with Crippen LogP contribution in [-0.4, -0.2) is 68.3 Å². The lowest BCUT2D eigenvalue weighted by Crippen LogP contribution is -2.48. The average molecular weight is 379 g/mol. The first-order valence-electron chi connectivity index (χ1n) is 8.55. The molecule has 2 unspecified atom stereocenters. The zero-order valence-electron chi connectivity index (χ0n) is 15.9. The van der Waals surface area contributed by atoms with Crippen molar-refractivity contribution in [2.45, 2.75) is 19.4 Å². The van der Waals surface area contributed by atoms with Gasteiger partial charge in [-0.2, -0.15) is 0 Å². The molecule has 2 atom stereocenters. The Morgan fingerprint density at radius 1 is 1.30 bits per heavy atom. The number of rotatable bonds is 7. The highest BCUT2D eigenvalue weighted by atomic mass is 16.5. The Bertz CT molecular complexity index is 701. The van der Waals surface area contributed by atoms with Crippen molar-refractivity contribution >= 4 is 23.6 Å². The van der Waals surface area contributed by atoms with E-state index in [1.165, 1.54) is 33.1 Å². The number of methoxy groups -OCH3 is 2. The second-order valence-electron chi connectivity index (χ2n) is 6.47. The van der Waals surface area contributed by atoms with Crippen molar-refractivity contribution in [1.82, 2.24) is 10.2 Å². The first-order chi connectivity index (χ1) is 12.8. The van der Waals surface area contributed by atoms with Gasteiger partial charge < -0.3 is 29.7 Å². The minimum Gasteiger partial charge on any atom is -0.497 e. The number of anilines is 1. The van der Waals surface area contributed by atoms with Crippen molar-refractivity contribution in [3.05, 3.63) is 18.2 Å². The van der Waals surface area contributed by atoms with Crippen molar-refractivity contribution in [1.29, 1.82) is 0 Å². The Labute approximate surface area is 157 Å². The van der Waals surface area contributed by atoms with E-state index in [1.807, 2.05) is 0 Å². The normalized spacial score (nSPS) is 17.4. The predicted molar refractivity (Wildman–Crippen MR) is 98.3 cm³/mol. The number of ether oxygens (including phenoxy) is 2. The lowest BCUT2D eigenvalue weighted by Gasteiger charge is -2.22. The summed E-state index contributed by atoms with van der Waals surface area (Å²) < 4.78 is 10.5. The van der Waals surface area contributed by atoms with Crippen molar-refractivity contribution in [2.75, 3.05) is 39.3 Å². The quantitative estimate of drug-likeness (QED) is 0.736. The number of urea groups is 1. The second kappa shape index (κ2) is 8.61. The largest absolute Gasteiger partial charge is 0.497 e. The smallest absolute Gasteiger partial charge is 0.317 e. The molecule has 0 radical (unpaired) electrons. The third-order valence-electron chi connectivity index (χ3n) is 4.47. The molecule has 2 N–H and O–H groups in total. The monoisotopic (exact) mass is 379 g/mol. The number of carboxylic acids is 1. The van der Waals surface area contributed by atoms with Crippen LogP contribution in [0.2, 0.25) is 0 Å². The molecule has 0 saturated carbocycles. The highest BCUT2D eigenvalue weighted by Crippen LogP contribution is 2.31. The molecule has 0 aromatic heterocycles. The maximum Gasteiger partial charge on any atom is 0.317 e. The standard InChI is InChI=1S/C18H25N3O6/c1-11(17(23)24)10-20(2)18(25)19-15-5-6-21(16(15)22)12-7-13(26-3)9-14(8-12)27-4/h7-9,11,15H,5-6,10H2,1-4H3,(H,19,25)(H,23,24). The molecule has 2 rings (SSSR count). The summed E-state index contributed by atoms with van der Waals surface area (Å²) in [5.74, 6) is -0.789. The van der Waals surface area contributed by atoms with Crippen LogP contribution in [0.1, 0.15) is 13.3 Å². The highest BCUT2D eigenvalue weighted by molar-refractivity contribution is 6.01. The Balaban J connectivity index is 2.04. The number of benzene rings is 1. The topological polar surface area (TPSA) is 108 Å². The van der Waals surface area contributed by atoms with E-state index in [-0.39, 0.29) is 12.5 Å². The molecule has 0 spiro atoms. The fraction of sp³-hybridized carbons (Fsp3) is 0.500. The lowest BCUT2D eigenvalue weighted by atomic mass is 10.2. The summed E-state index contributed by atoms with van der Waals surface area (Å²) >= 11 is 0. The molecule has 9 nitrogen and oxygen atoms in total. The van der Waals surface area contributed by atoms with Gasteiger partial charge in [0.2, 0.25) is 5.91 Å². The summed E-state index contributed by atoms with van der Waals surface area (Å²) in [6.07, 6.45) is 0.451. The van der Waals surface area contributed by atoms with Crippen LogP contribution in [0, 0.1) is 5.92 Å². The fourth-order valence-corrected chi connectivity index (χ4v) is 2.85. The van der Waals surface area contributed by atoms with E-state index in [1.54, 1.807) is 23.1 Å². The van der Waals surface area contributed by atoms with Crippen LogP contribution in [0.15, 0.2) is 18.2 Å². The molecule has 1 aliphatic heterocycles. The molecule has 27 heavy (non-hydrogen) atoms. The second-order valence-corrected chi connectivity index (χ2v) is 6.47. The van der Waals surface area contributed by atoms with E-state index in [0.29, 0.717) is 30.2 Å². The highest BCUT2D eigenvalue weighted by Gasteiger charge is 2.34. The van der Waals surface area contributed by atoms with Gasteiger partial charge in [0.05, 0.1) is 25.8 Å². The molecule has 3 amide bonds. The molecule has 1 heterocycles. The van der Waals surface area contributed by atoms with E-state index in [2.05, 4.69) is 5.32 Å². The fourth-order valence-electron chi connectivity index (χ4n) is 2.85. The third-order valence-corrected chi connectivity index (χ3v) is 4.47. The molecule has 9 heteroatoms. The molecule has 1 aromatic rings. The SMILES string of the molecule is COc1cc(OC)cc(N2CCC(NC(=O)N(C)CC(C)C(=O)O)C2=O)c1. The summed E-state index contributed by atoms with van der Waals surface area (Å²) in [4.78, 5) is 38.7. The number of hydrogen-bond donors (Lipinski definition) is 2. The number of carbonyl (C=O) groups excluding carboxylic acids is 2. The molecule has 1 aliphatic rings. The van der Waals surface area contributed by atoms with Crippen molar-refractivity contribution in [2.24, 2.45) is 5.92 Å². The van der Waals surface area contributed by atoms with Crippen LogP contribution in [0.4, 0.5) is 10.5 Å². The van der Waals surface area contributed by atoms with Crippen molar-refractivity contribution < 1.29 is 29.0 Å².